The van der Waals surface area contributed by atoms with Gasteiger partial charge in [0.2, 0.25) is 0 Å². The highest BCUT2D eigenvalue weighted by atomic mass is 35.5. The zero-order valence-electron chi connectivity index (χ0n) is 5.84. The molecular weight excluding hydrogens is 168 g/mol. The summed E-state index contributed by atoms with van der Waals surface area (Å²) < 4.78 is 4.75. The molecule has 11 heavy (non-hydrogen) atoms. The SMILES string of the molecule is COc1cc(O)c(Cl)c(O)c1. The first kappa shape index (κ1) is 8.01. The van der Waals surface area contributed by atoms with E-state index in [-0.39, 0.29) is 16.5 Å². The van der Waals surface area contributed by atoms with Gasteiger partial charge in [0.05, 0.1) is 7.11 Å². The summed E-state index contributed by atoms with van der Waals surface area (Å²) in [6.07, 6.45) is 0. The molecule has 0 spiro atoms. The number of aromatic hydroxyl groups is 2. The Morgan fingerprint density at radius 2 is 1.73 bits per heavy atom. The first-order valence-corrected chi connectivity index (χ1v) is 3.28. The molecule has 0 radical (unpaired) electrons. The summed E-state index contributed by atoms with van der Waals surface area (Å²) in [7, 11) is 1.43. The number of benzene rings is 1. The van der Waals surface area contributed by atoms with Gasteiger partial charge in [-0.3, -0.25) is 0 Å². The molecule has 0 aromatic heterocycles. The summed E-state index contributed by atoms with van der Waals surface area (Å²) >= 11 is 5.45. The van der Waals surface area contributed by atoms with Crippen molar-refractivity contribution in [3.63, 3.8) is 0 Å². The Labute approximate surface area is 68.8 Å². The first-order valence-electron chi connectivity index (χ1n) is 2.90. The normalized spacial score (nSPS) is 9.64. The Morgan fingerprint density at radius 3 is 2.09 bits per heavy atom. The maximum absolute atomic E-state index is 9.04. The van der Waals surface area contributed by atoms with Crippen LogP contribution in [0.3, 0.4) is 0 Å². The van der Waals surface area contributed by atoms with Crippen molar-refractivity contribution < 1.29 is 14.9 Å². The highest BCUT2D eigenvalue weighted by Crippen LogP contribution is 2.36. The second-order valence-electron chi connectivity index (χ2n) is 1.98. The molecule has 4 heteroatoms. The van der Waals surface area contributed by atoms with Gasteiger partial charge in [0.25, 0.3) is 0 Å². The van der Waals surface area contributed by atoms with Crippen molar-refractivity contribution in [1.29, 1.82) is 0 Å². The number of phenolic OH excluding ortho intramolecular Hbond substituents is 2. The summed E-state index contributed by atoms with van der Waals surface area (Å²) in [5.41, 5.74) is 0. The van der Waals surface area contributed by atoms with E-state index < -0.39 is 0 Å². The van der Waals surface area contributed by atoms with Crippen molar-refractivity contribution in [2.75, 3.05) is 7.11 Å². The molecule has 0 heterocycles. The minimum atomic E-state index is -0.191. The van der Waals surface area contributed by atoms with Crippen molar-refractivity contribution in [3.8, 4) is 17.2 Å². The van der Waals surface area contributed by atoms with E-state index in [9.17, 15) is 0 Å². The van der Waals surface area contributed by atoms with Crippen LogP contribution in [0, 0.1) is 0 Å². The van der Waals surface area contributed by atoms with E-state index in [0.29, 0.717) is 5.75 Å². The van der Waals surface area contributed by atoms with Gasteiger partial charge in [-0.25, -0.2) is 0 Å². The third-order valence-electron chi connectivity index (χ3n) is 1.24. The van der Waals surface area contributed by atoms with Crippen LogP contribution in [0.2, 0.25) is 5.02 Å². The van der Waals surface area contributed by atoms with Crippen LogP contribution in [-0.2, 0) is 0 Å². The van der Waals surface area contributed by atoms with Crippen LogP contribution in [0.4, 0.5) is 0 Å². The maximum Gasteiger partial charge on any atom is 0.141 e. The van der Waals surface area contributed by atoms with Crippen LogP contribution in [0.5, 0.6) is 17.2 Å². The van der Waals surface area contributed by atoms with E-state index in [0.717, 1.165) is 0 Å². The molecule has 1 aromatic rings. The number of phenols is 2. The maximum atomic E-state index is 9.04. The van der Waals surface area contributed by atoms with E-state index in [2.05, 4.69) is 0 Å². The zero-order chi connectivity index (χ0) is 8.43. The fourth-order valence-corrected chi connectivity index (χ4v) is 0.796. The second kappa shape index (κ2) is 2.88. The highest BCUT2D eigenvalue weighted by Gasteiger charge is 2.06. The Morgan fingerprint density at radius 1 is 1.27 bits per heavy atom. The smallest absolute Gasteiger partial charge is 0.141 e. The molecule has 0 unspecified atom stereocenters. The van der Waals surface area contributed by atoms with Gasteiger partial charge >= 0.3 is 0 Å². The lowest BCUT2D eigenvalue weighted by Gasteiger charge is -2.03. The zero-order valence-corrected chi connectivity index (χ0v) is 6.59. The van der Waals surface area contributed by atoms with Crippen molar-refractivity contribution >= 4 is 11.6 Å². The van der Waals surface area contributed by atoms with E-state index in [1.54, 1.807) is 0 Å². The number of halogens is 1. The van der Waals surface area contributed by atoms with Crippen molar-refractivity contribution in [1.82, 2.24) is 0 Å². The van der Waals surface area contributed by atoms with Gasteiger partial charge in [0, 0.05) is 12.1 Å². The lowest BCUT2D eigenvalue weighted by atomic mass is 10.3. The fourth-order valence-electron chi connectivity index (χ4n) is 0.687. The summed E-state index contributed by atoms with van der Waals surface area (Å²) in [5, 5.41) is 18.0. The number of hydrogen-bond donors (Lipinski definition) is 2. The van der Waals surface area contributed by atoms with Crippen molar-refractivity contribution in [2.24, 2.45) is 0 Å². The molecule has 0 fully saturated rings. The number of ether oxygens (including phenoxy) is 1. The monoisotopic (exact) mass is 174 g/mol. The van der Waals surface area contributed by atoms with Crippen molar-refractivity contribution in [3.05, 3.63) is 17.2 Å². The third kappa shape index (κ3) is 1.49. The third-order valence-corrected chi connectivity index (χ3v) is 1.63. The predicted octanol–water partition coefficient (Wildman–Crippen LogP) is 1.76. The largest absolute Gasteiger partial charge is 0.506 e. The molecule has 0 aliphatic carbocycles. The Hall–Kier alpha value is -1.09. The Kier molecular flexibility index (Phi) is 2.10. The van der Waals surface area contributed by atoms with E-state index >= 15 is 0 Å². The molecule has 1 rings (SSSR count). The second-order valence-corrected chi connectivity index (χ2v) is 2.36. The molecule has 2 N–H and O–H groups in total. The molecule has 0 atom stereocenters. The van der Waals surface area contributed by atoms with E-state index in [1.807, 2.05) is 0 Å². The fraction of sp³-hybridized carbons (Fsp3) is 0.143. The minimum absolute atomic E-state index is 0.0641. The molecule has 3 nitrogen and oxygen atoms in total. The highest BCUT2D eigenvalue weighted by molar-refractivity contribution is 6.33. The topological polar surface area (TPSA) is 49.7 Å². The minimum Gasteiger partial charge on any atom is -0.506 e. The molecule has 0 saturated carbocycles. The van der Waals surface area contributed by atoms with Gasteiger partial charge < -0.3 is 14.9 Å². The summed E-state index contributed by atoms with van der Waals surface area (Å²) in [6, 6.07) is 2.64. The van der Waals surface area contributed by atoms with Crippen LogP contribution in [-0.4, -0.2) is 17.3 Å². The molecule has 60 valence electrons. The quantitative estimate of drug-likeness (QED) is 0.682. The van der Waals surface area contributed by atoms with Gasteiger partial charge in [0.15, 0.2) is 0 Å². The van der Waals surface area contributed by atoms with Gasteiger partial charge in [-0.05, 0) is 0 Å². The first-order chi connectivity index (χ1) is 5.15. The van der Waals surface area contributed by atoms with Gasteiger partial charge in [-0.1, -0.05) is 11.6 Å². The van der Waals surface area contributed by atoms with Crippen molar-refractivity contribution in [2.45, 2.75) is 0 Å². The summed E-state index contributed by atoms with van der Waals surface area (Å²) in [4.78, 5) is 0. The average Bonchev–Trinajstić information content (AvgIpc) is 1.99. The van der Waals surface area contributed by atoms with Crippen LogP contribution in [0.25, 0.3) is 0 Å². The molecule has 0 bridgehead atoms. The molecule has 0 aliphatic heterocycles. The van der Waals surface area contributed by atoms with Gasteiger partial charge in [0.1, 0.15) is 22.3 Å². The van der Waals surface area contributed by atoms with Crippen LogP contribution >= 0.6 is 11.6 Å². The van der Waals surface area contributed by atoms with Crippen LogP contribution < -0.4 is 4.74 Å². The van der Waals surface area contributed by atoms with Crippen LogP contribution in [0.1, 0.15) is 0 Å². The number of methoxy groups -OCH3 is 1. The van der Waals surface area contributed by atoms with Crippen LogP contribution in [0.15, 0.2) is 12.1 Å². The predicted molar refractivity (Wildman–Crippen MR) is 41.3 cm³/mol. The lowest BCUT2D eigenvalue weighted by molar-refractivity contribution is 0.398. The van der Waals surface area contributed by atoms with E-state index in [1.165, 1.54) is 19.2 Å². The lowest BCUT2D eigenvalue weighted by Crippen LogP contribution is -1.82. The molecule has 0 amide bonds. The van der Waals surface area contributed by atoms with Gasteiger partial charge in [-0.2, -0.15) is 0 Å². The molecule has 0 aliphatic rings. The number of hydrogen-bond acceptors (Lipinski definition) is 3. The standard InChI is InChI=1S/C7H7ClO3/c1-11-4-2-5(9)7(8)6(10)3-4/h2-3,9-10H,1H3. The average molecular weight is 175 g/mol. The Balaban J connectivity index is 3.21. The van der Waals surface area contributed by atoms with Gasteiger partial charge in [-0.15, -0.1) is 0 Å². The molecule has 1 aromatic carbocycles. The molecule has 0 saturated heterocycles. The van der Waals surface area contributed by atoms with E-state index in [4.69, 9.17) is 26.6 Å². The summed E-state index contributed by atoms with van der Waals surface area (Å²) in [5.74, 6) is -0.0172. The molecular formula is C7H7ClO3. The Bertz CT molecular complexity index is 249. The number of rotatable bonds is 1. The summed E-state index contributed by atoms with van der Waals surface area (Å²) in [6.45, 7) is 0.